The second-order valence-electron chi connectivity index (χ2n) is 5.00. The lowest BCUT2D eigenvalue weighted by Gasteiger charge is -2.35. The lowest BCUT2D eigenvalue weighted by molar-refractivity contribution is -0.132. The molecule has 3 nitrogen and oxygen atoms in total. The van der Waals surface area contributed by atoms with Crippen LogP contribution in [0.15, 0.2) is 17.5 Å². The molecular formula is C14H22N2OS. The van der Waals surface area contributed by atoms with E-state index in [4.69, 9.17) is 0 Å². The SMILES string of the molecule is CCC1(C(=O)NCCc2cccs2)CCCNC1. The average Bonchev–Trinajstić information content (AvgIpc) is 2.92. The Kier molecular flexibility index (Phi) is 4.78. The maximum atomic E-state index is 12.3. The molecule has 0 aliphatic carbocycles. The third kappa shape index (κ3) is 3.12. The van der Waals surface area contributed by atoms with Gasteiger partial charge in [0.1, 0.15) is 0 Å². The van der Waals surface area contributed by atoms with E-state index in [1.165, 1.54) is 4.88 Å². The summed E-state index contributed by atoms with van der Waals surface area (Å²) in [7, 11) is 0. The van der Waals surface area contributed by atoms with Crippen molar-refractivity contribution < 1.29 is 4.79 Å². The second kappa shape index (κ2) is 6.34. The van der Waals surface area contributed by atoms with Crippen LogP contribution < -0.4 is 10.6 Å². The van der Waals surface area contributed by atoms with Gasteiger partial charge in [0.15, 0.2) is 0 Å². The van der Waals surface area contributed by atoms with Crippen molar-refractivity contribution in [2.45, 2.75) is 32.6 Å². The first-order valence-electron chi connectivity index (χ1n) is 6.78. The van der Waals surface area contributed by atoms with Crippen molar-refractivity contribution in [2.75, 3.05) is 19.6 Å². The van der Waals surface area contributed by atoms with Gasteiger partial charge >= 0.3 is 0 Å². The summed E-state index contributed by atoms with van der Waals surface area (Å²) in [6.45, 7) is 4.74. The third-order valence-electron chi connectivity index (χ3n) is 3.87. The Morgan fingerprint density at radius 1 is 1.61 bits per heavy atom. The number of piperidine rings is 1. The van der Waals surface area contributed by atoms with Gasteiger partial charge in [-0.1, -0.05) is 13.0 Å². The number of nitrogens with one attached hydrogen (secondary N) is 2. The van der Waals surface area contributed by atoms with Crippen LogP contribution in [0.2, 0.25) is 0 Å². The Morgan fingerprint density at radius 3 is 3.11 bits per heavy atom. The highest BCUT2D eigenvalue weighted by atomic mass is 32.1. The Morgan fingerprint density at radius 2 is 2.50 bits per heavy atom. The van der Waals surface area contributed by atoms with Gasteiger partial charge in [0, 0.05) is 18.0 Å². The van der Waals surface area contributed by atoms with Crippen LogP contribution in [-0.4, -0.2) is 25.5 Å². The molecule has 0 radical (unpaired) electrons. The van der Waals surface area contributed by atoms with Crippen molar-refractivity contribution in [2.24, 2.45) is 5.41 Å². The van der Waals surface area contributed by atoms with Gasteiger partial charge in [0.2, 0.25) is 5.91 Å². The largest absolute Gasteiger partial charge is 0.355 e. The van der Waals surface area contributed by atoms with E-state index in [0.29, 0.717) is 0 Å². The van der Waals surface area contributed by atoms with Crippen molar-refractivity contribution in [1.29, 1.82) is 0 Å². The molecule has 4 heteroatoms. The Bertz CT molecular complexity index is 369. The van der Waals surface area contributed by atoms with Crippen molar-refractivity contribution in [3.05, 3.63) is 22.4 Å². The normalized spacial score (nSPS) is 23.8. The van der Waals surface area contributed by atoms with Gasteiger partial charge in [0.05, 0.1) is 5.41 Å². The van der Waals surface area contributed by atoms with Crippen LogP contribution in [0, 0.1) is 5.41 Å². The summed E-state index contributed by atoms with van der Waals surface area (Å²) in [5.74, 6) is 0.230. The fraction of sp³-hybridized carbons (Fsp3) is 0.643. The van der Waals surface area contributed by atoms with Gasteiger partial charge in [-0.3, -0.25) is 4.79 Å². The molecule has 0 bridgehead atoms. The minimum Gasteiger partial charge on any atom is -0.355 e. The molecule has 1 saturated heterocycles. The fourth-order valence-corrected chi connectivity index (χ4v) is 3.27. The molecule has 1 unspecified atom stereocenters. The summed E-state index contributed by atoms with van der Waals surface area (Å²) >= 11 is 1.75. The zero-order valence-corrected chi connectivity index (χ0v) is 11.8. The van der Waals surface area contributed by atoms with Crippen molar-refractivity contribution in [3.63, 3.8) is 0 Å². The summed E-state index contributed by atoms with van der Waals surface area (Å²) in [5.41, 5.74) is -0.173. The Labute approximate surface area is 113 Å². The predicted molar refractivity (Wildman–Crippen MR) is 75.9 cm³/mol. The minimum atomic E-state index is -0.173. The predicted octanol–water partition coefficient (Wildman–Crippen LogP) is 2.19. The molecule has 1 atom stereocenters. The molecule has 2 rings (SSSR count). The molecule has 2 N–H and O–H groups in total. The van der Waals surface area contributed by atoms with Crippen molar-refractivity contribution >= 4 is 17.2 Å². The molecule has 2 heterocycles. The first-order chi connectivity index (χ1) is 8.77. The number of hydrogen-bond acceptors (Lipinski definition) is 3. The molecule has 100 valence electrons. The molecule has 1 amide bonds. The molecule has 0 spiro atoms. The molecular weight excluding hydrogens is 244 g/mol. The highest BCUT2D eigenvalue weighted by Gasteiger charge is 2.37. The van der Waals surface area contributed by atoms with E-state index in [0.717, 1.165) is 45.3 Å². The van der Waals surface area contributed by atoms with Crippen LogP contribution in [0.5, 0.6) is 0 Å². The molecule has 1 aromatic rings. The molecule has 0 aromatic carbocycles. The highest BCUT2D eigenvalue weighted by Crippen LogP contribution is 2.30. The number of rotatable bonds is 5. The number of carbonyl (C=O) groups excluding carboxylic acids is 1. The maximum absolute atomic E-state index is 12.3. The highest BCUT2D eigenvalue weighted by molar-refractivity contribution is 7.09. The van der Waals surface area contributed by atoms with Crippen LogP contribution >= 0.6 is 11.3 Å². The summed E-state index contributed by atoms with van der Waals surface area (Å²) in [5, 5.41) is 8.54. The van der Waals surface area contributed by atoms with Gasteiger partial charge in [-0.2, -0.15) is 0 Å². The van der Waals surface area contributed by atoms with E-state index in [2.05, 4.69) is 35.1 Å². The van der Waals surface area contributed by atoms with E-state index in [1.807, 2.05) is 0 Å². The lowest BCUT2D eigenvalue weighted by Crippen LogP contribution is -2.50. The molecule has 18 heavy (non-hydrogen) atoms. The summed E-state index contributed by atoms with van der Waals surface area (Å²) in [6.07, 6.45) is 3.98. The fourth-order valence-electron chi connectivity index (χ4n) is 2.57. The molecule has 1 aromatic heterocycles. The molecule has 1 aliphatic heterocycles. The zero-order valence-electron chi connectivity index (χ0n) is 11.0. The van der Waals surface area contributed by atoms with Crippen LogP contribution in [0.4, 0.5) is 0 Å². The standard InChI is InChI=1S/C14H22N2OS/c1-2-14(7-4-8-15-11-14)13(17)16-9-6-12-5-3-10-18-12/h3,5,10,15H,2,4,6-9,11H2,1H3,(H,16,17). The number of thiophene rings is 1. The Balaban J connectivity index is 1.82. The van der Waals surface area contributed by atoms with E-state index in [9.17, 15) is 4.79 Å². The van der Waals surface area contributed by atoms with Crippen LogP contribution in [0.3, 0.4) is 0 Å². The average molecular weight is 266 g/mol. The van der Waals surface area contributed by atoms with Crippen LogP contribution in [0.25, 0.3) is 0 Å². The zero-order chi connectivity index (χ0) is 12.8. The summed E-state index contributed by atoms with van der Waals surface area (Å²) in [4.78, 5) is 13.7. The van der Waals surface area contributed by atoms with E-state index in [1.54, 1.807) is 11.3 Å². The van der Waals surface area contributed by atoms with E-state index >= 15 is 0 Å². The molecule has 0 saturated carbocycles. The third-order valence-corrected chi connectivity index (χ3v) is 4.80. The first kappa shape index (κ1) is 13.6. The van der Waals surface area contributed by atoms with E-state index in [-0.39, 0.29) is 11.3 Å². The van der Waals surface area contributed by atoms with Crippen molar-refractivity contribution in [3.8, 4) is 0 Å². The van der Waals surface area contributed by atoms with Gasteiger partial charge in [-0.15, -0.1) is 11.3 Å². The van der Waals surface area contributed by atoms with Crippen LogP contribution in [-0.2, 0) is 11.2 Å². The number of hydrogen-bond donors (Lipinski definition) is 2. The van der Waals surface area contributed by atoms with Crippen LogP contribution in [0.1, 0.15) is 31.1 Å². The topological polar surface area (TPSA) is 41.1 Å². The summed E-state index contributed by atoms with van der Waals surface area (Å²) < 4.78 is 0. The lowest BCUT2D eigenvalue weighted by atomic mass is 9.77. The molecule has 1 fully saturated rings. The first-order valence-corrected chi connectivity index (χ1v) is 7.66. The smallest absolute Gasteiger partial charge is 0.227 e. The number of carbonyl (C=O) groups is 1. The van der Waals surface area contributed by atoms with Gasteiger partial charge in [-0.05, 0) is 43.7 Å². The van der Waals surface area contributed by atoms with Gasteiger partial charge in [0.25, 0.3) is 0 Å². The van der Waals surface area contributed by atoms with Gasteiger partial charge in [-0.25, -0.2) is 0 Å². The van der Waals surface area contributed by atoms with Gasteiger partial charge < -0.3 is 10.6 Å². The molecule has 1 aliphatic rings. The minimum absolute atomic E-state index is 0.173. The van der Waals surface area contributed by atoms with Crippen molar-refractivity contribution in [1.82, 2.24) is 10.6 Å². The quantitative estimate of drug-likeness (QED) is 0.858. The monoisotopic (exact) mass is 266 g/mol. The van der Waals surface area contributed by atoms with E-state index < -0.39 is 0 Å². The maximum Gasteiger partial charge on any atom is 0.227 e. The Hall–Kier alpha value is -0.870. The second-order valence-corrected chi connectivity index (χ2v) is 6.03. The summed E-state index contributed by atoms with van der Waals surface area (Å²) in [6, 6.07) is 4.18. The number of amides is 1.